The molecule has 0 unspecified atom stereocenters. The SMILES string of the molecule is CC(C)CCNC(=O)COc1ccc(S(=O)(=O)N(C)Cc2ccccc2)cc1. The minimum Gasteiger partial charge on any atom is -0.484 e. The lowest BCUT2D eigenvalue weighted by atomic mass is 10.1. The molecular weight excluding hydrogens is 376 g/mol. The molecule has 6 nitrogen and oxygen atoms in total. The molecule has 7 heteroatoms. The van der Waals surface area contributed by atoms with Crippen LogP contribution in [0.2, 0.25) is 0 Å². The van der Waals surface area contributed by atoms with Gasteiger partial charge in [0.05, 0.1) is 4.90 Å². The summed E-state index contributed by atoms with van der Waals surface area (Å²) >= 11 is 0. The summed E-state index contributed by atoms with van der Waals surface area (Å²) in [5, 5.41) is 2.79. The van der Waals surface area contributed by atoms with E-state index in [-0.39, 0.29) is 24.0 Å². The van der Waals surface area contributed by atoms with Gasteiger partial charge in [0.25, 0.3) is 5.91 Å². The molecule has 152 valence electrons. The third-order valence-corrected chi connectivity index (χ3v) is 6.01. The number of nitrogens with one attached hydrogen (secondary N) is 1. The van der Waals surface area contributed by atoms with Gasteiger partial charge < -0.3 is 10.1 Å². The van der Waals surface area contributed by atoms with Gasteiger partial charge in [0.2, 0.25) is 10.0 Å². The van der Waals surface area contributed by atoms with Crippen LogP contribution in [0.25, 0.3) is 0 Å². The van der Waals surface area contributed by atoms with Crippen LogP contribution in [-0.2, 0) is 21.4 Å². The van der Waals surface area contributed by atoms with E-state index in [0.717, 1.165) is 12.0 Å². The van der Waals surface area contributed by atoms with Crippen molar-refractivity contribution in [3.8, 4) is 5.75 Å². The van der Waals surface area contributed by atoms with Crippen molar-refractivity contribution in [2.24, 2.45) is 5.92 Å². The molecule has 0 fully saturated rings. The summed E-state index contributed by atoms with van der Waals surface area (Å²) in [6.07, 6.45) is 0.912. The highest BCUT2D eigenvalue weighted by Gasteiger charge is 2.20. The zero-order valence-corrected chi connectivity index (χ0v) is 17.4. The highest BCUT2D eigenvalue weighted by Crippen LogP contribution is 2.20. The summed E-state index contributed by atoms with van der Waals surface area (Å²) in [6, 6.07) is 15.5. The standard InChI is InChI=1S/C21H28N2O4S/c1-17(2)13-14-22-21(24)16-27-19-9-11-20(12-10-19)28(25,26)23(3)15-18-7-5-4-6-8-18/h4-12,17H,13-16H2,1-3H3,(H,22,24). The predicted molar refractivity (Wildman–Crippen MR) is 109 cm³/mol. The minimum absolute atomic E-state index is 0.0991. The number of amides is 1. The predicted octanol–water partition coefficient (Wildman–Crippen LogP) is 3.05. The number of benzene rings is 2. The highest BCUT2D eigenvalue weighted by molar-refractivity contribution is 7.89. The van der Waals surface area contributed by atoms with Gasteiger partial charge in [-0.15, -0.1) is 0 Å². The molecule has 2 aromatic carbocycles. The van der Waals surface area contributed by atoms with E-state index in [1.54, 1.807) is 19.2 Å². The van der Waals surface area contributed by atoms with E-state index in [2.05, 4.69) is 19.2 Å². The van der Waals surface area contributed by atoms with Crippen LogP contribution in [0.4, 0.5) is 0 Å². The van der Waals surface area contributed by atoms with Crippen molar-refractivity contribution >= 4 is 15.9 Å². The van der Waals surface area contributed by atoms with Crippen LogP contribution in [0.3, 0.4) is 0 Å². The van der Waals surface area contributed by atoms with Crippen LogP contribution in [0.1, 0.15) is 25.8 Å². The molecular formula is C21H28N2O4S. The number of hydrogen-bond donors (Lipinski definition) is 1. The molecule has 0 spiro atoms. The number of ether oxygens (including phenoxy) is 1. The smallest absolute Gasteiger partial charge is 0.257 e. The number of hydrogen-bond acceptors (Lipinski definition) is 4. The van der Waals surface area contributed by atoms with Gasteiger partial charge >= 0.3 is 0 Å². The van der Waals surface area contributed by atoms with Crippen LogP contribution in [-0.4, -0.2) is 38.8 Å². The number of nitrogens with zero attached hydrogens (tertiary/aromatic N) is 1. The summed E-state index contributed by atoms with van der Waals surface area (Å²) in [6.45, 7) is 4.99. The van der Waals surface area contributed by atoms with E-state index in [4.69, 9.17) is 4.74 Å². The fourth-order valence-corrected chi connectivity index (χ4v) is 3.67. The first-order chi connectivity index (χ1) is 13.3. The second-order valence-corrected chi connectivity index (χ2v) is 9.08. The summed E-state index contributed by atoms with van der Waals surface area (Å²) in [5.41, 5.74) is 0.914. The Labute approximate surface area is 167 Å². The zero-order chi connectivity index (χ0) is 20.6. The molecule has 0 aliphatic carbocycles. The number of carbonyl (C=O) groups is 1. The van der Waals surface area contributed by atoms with Gasteiger partial charge in [-0.1, -0.05) is 44.2 Å². The third-order valence-electron chi connectivity index (χ3n) is 4.19. The quantitative estimate of drug-likeness (QED) is 0.660. The van der Waals surface area contributed by atoms with Gasteiger partial charge in [0, 0.05) is 20.1 Å². The van der Waals surface area contributed by atoms with E-state index in [1.807, 2.05) is 30.3 Å². The molecule has 0 aromatic heterocycles. The number of sulfonamides is 1. The Hall–Kier alpha value is -2.38. The summed E-state index contributed by atoms with van der Waals surface area (Å²) in [5.74, 6) is 0.777. The molecule has 0 bridgehead atoms. The Morgan fingerprint density at radius 3 is 2.32 bits per heavy atom. The molecule has 0 aliphatic heterocycles. The van der Waals surface area contributed by atoms with Crippen molar-refractivity contribution < 1.29 is 17.9 Å². The molecule has 0 heterocycles. The average molecular weight is 405 g/mol. The Bertz CT molecular complexity index is 850. The van der Waals surface area contributed by atoms with Gasteiger partial charge in [-0.2, -0.15) is 4.31 Å². The zero-order valence-electron chi connectivity index (χ0n) is 16.6. The Morgan fingerprint density at radius 1 is 1.07 bits per heavy atom. The molecule has 0 saturated carbocycles. The normalized spacial score (nSPS) is 11.6. The lowest BCUT2D eigenvalue weighted by Gasteiger charge is -2.17. The van der Waals surface area contributed by atoms with Crippen molar-refractivity contribution in [3.63, 3.8) is 0 Å². The van der Waals surface area contributed by atoms with E-state index in [1.165, 1.54) is 16.4 Å². The average Bonchev–Trinajstić information content (AvgIpc) is 2.67. The summed E-state index contributed by atoms with van der Waals surface area (Å²) < 4.78 is 32.2. The summed E-state index contributed by atoms with van der Waals surface area (Å²) in [4.78, 5) is 11.9. The van der Waals surface area contributed by atoms with E-state index in [0.29, 0.717) is 18.2 Å². The highest BCUT2D eigenvalue weighted by atomic mass is 32.2. The lowest BCUT2D eigenvalue weighted by Crippen LogP contribution is -2.30. The molecule has 0 atom stereocenters. The van der Waals surface area contributed by atoms with Crippen molar-refractivity contribution in [1.29, 1.82) is 0 Å². The topological polar surface area (TPSA) is 75.7 Å². The fraction of sp³-hybridized carbons (Fsp3) is 0.381. The second-order valence-electron chi connectivity index (χ2n) is 7.04. The van der Waals surface area contributed by atoms with Crippen LogP contribution < -0.4 is 10.1 Å². The summed E-state index contributed by atoms with van der Waals surface area (Å²) in [7, 11) is -2.06. The maximum absolute atomic E-state index is 12.7. The van der Waals surface area contributed by atoms with Gasteiger partial charge in [0.1, 0.15) is 5.75 Å². The Balaban J connectivity index is 1.91. The van der Waals surface area contributed by atoms with Crippen LogP contribution in [0.15, 0.2) is 59.5 Å². The second kappa shape index (κ2) is 10.2. The monoisotopic (exact) mass is 404 g/mol. The van der Waals surface area contributed by atoms with Crippen molar-refractivity contribution in [2.75, 3.05) is 20.2 Å². The third kappa shape index (κ3) is 6.65. The molecule has 0 saturated heterocycles. The molecule has 2 rings (SSSR count). The van der Waals surface area contributed by atoms with Gasteiger partial charge in [0.15, 0.2) is 6.61 Å². The molecule has 1 N–H and O–H groups in total. The van der Waals surface area contributed by atoms with E-state index < -0.39 is 10.0 Å². The van der Waals surface area contributed by atoms with E-state index >= 15 is 0 Å². The fourth-order valence-electron chi connectivity index (χ4n) is 2.51. The van der Waals surface area contributed by atoms with Crippen LogP contribution >= 0.6 is 0 Å². The molecule has 2 aromatic rings. The van der Waals surface area contributed by atoms with E-state index in [9.17, 15) is 13.2 Å². The Kier molecular flexibility index (Phi) is 8.02. The number of carbonyl (C=O) groups excluding carboxylic acids is 1. The molecule has 0 radical (unpaired) electrons. The minimum atomic E-state index is -3.61. The molecule has 0 aliphatic rings. The largest absolute Gasteiger partial charge is 0.484 e. The maximum atomic E-state index is 12.7. The van der Waals surface area contributed by atoms with Crippen molar-refractivity contribution in [3.05, 3.63) is 60.2 Å². The van der Waals surface area contributed by atoms with Crippen molar-refractivity contribution in [2.45, 2.75) is 31.7 Å². The molecule has 1 amide bonds. The first-order valence-corrected chi connectivity index (χ1v) is 10.7. The molecule has 28 heavy (non-hydrogen) atoms. The Morgan fingerprint density at radius 2 is 1.71 bits per heavy atom. The van der Waals surface area contributed by atoms with Gasteiger partial charge in [-0.25, -0.2) is 8.42 Å². The maximum Gasteiger partial charge on any atom is 0.257 e. The van der Waals surface area contributed by atoms with Gasteiger partial charge in [-0.3, -0.25) is 4.79 Å². The first kappa shape index (κ1) is 21.9. The first-order valence-electron chi connectivity index (χ1n) is 9.29. The van der Waals surface area contributed by atoms with Crippen LogP contribution in [0, 0.1) is 5.92 Å². The number of rotatable bonds is 10. The van der Waals surface area contributed by atoms with Crippen molar-refractivity contribution in [1.82, 2.24) is 9.62 Å². The lowest BCUT2D eigenvalue weighted by molar-refractivity contribution is -0.123. The van der Waals surface area contributed by atoms with Crippen LogP contribution in [0.5, 0.6) is 5.75 Å². The van der Waals surface area contributed by atoms with Gasteiger partial charge in [-0.05, 0) is 42.2 Å².